The lowest BCUT2D eigenvalue weighted by Gasteiger charge is -2.24. The second kappa shape index (κ2) is 7.43. The van der Waals surface area contributed by atoms with Crippen LogP contribution in [0.15, 0.2) is 42.5 Å². The number of benzene rings is 2. The van der Waals surface area contributed by atoms with E-state index in [0.29, 0.717) is 0 Å². The Balaban J connectivity index is 2.28. The Kier molecular flexibility index (Phi) is 5.58. The normalized spacial score (nSPS) is 12.8. The van der Waals surface area contributed by atoms with E-state index in [0.717, 1.165) is 18.5 Å². The molecule has 3 nitrogen and oxygen atoms in total. The molecule has 0 aromatic heterocycles. The Labute approximate surface area is 122 Å². The SMILES string of the molecule is CCCC(Nc1cccc2ccccc12)[Si](OC)OC. The molecule has 0 aliphatic carbocycles. The van der Waals surface area contributed by atoms with Gasteiger partial charge in [-0.05, 0) is 17.9 Å². The summed E-state index contributed by atoms with van der Waals surface area (Å²) in [6.45, 7) is 2.18. The van der Waals surface area contributed by atoms with Gasteiger partial charge >= 0.3 is 9.28 Å². The fraction of sp³-hybridized carbons (Fsp3) is 0.375. The van der Waals surface area contributed by atoms with Crippen molar-refractivity contribution in [2.45, 2.75) is 25.4 Å². The monoisotopic (exact) mass is 288 g/mol. The maximum atomic E-state index is 5.52. The van der Waals surface area contributed by atoms with E-state index in [1.165, 1.54) is 10.8 Å². The van der Waals surface area contributed by atoms with Crippen LogP contribution in [0.1, 0.15) is 19.8 Å². The van der Waals surface area contributed by atoms with Gasteiger partial charge in [-0.3, -0.25) is 0 Å². The quantitative estimate of drug-likeness (QED) is 0.787. The van der Waals surface area contributed by atoms with E-state index in [1.807, 2.05) is 0 Å². The molecule has 1 N–H and O–H groups in total. The minimum Gasteiger partial charge on any atom is -0.396 e. The highest BCUT2D eigenvalue weighted by Crippen LogP contribution is 2.24. The van der Waals surface area contributed by atoms with Gasteiger partial charge < -0.3 is 14.2 Å². The predicted molar refractivity (Wildman–Crippen MR) is 86.0 cm³/mol. The fourth-order valence-electron chi connectivity index (χ4n) is 2.44. The van der Waals surface area contributed by atoms with Crippen molar-refractivity contribution in [3.8, 4) is 0 Å². The van der Waals surface area contributed by atoms with Crippen LogP contribution in [0.3, 0.4) is 0 Å². The first kappa shape index (κ1) is 15.0. The largest absolute Gasteiger partial charge is 0.408 e. The molecule has 1 unspecified atom stereocenters. The molecule has 0 fully saturated rings. The summed E-state index contributed by atoms with van der Waals surface area (Å²) in [7, 11) is 2.15. The first-order valence-electron chi connectivity index (χ1n) is 6.99. The third kappa shape index (κ3) is 3.39. The summed E-state index contributed by atoms with van der Waals surface area (Å²) in [5.74, 6) is 0. The summed E-state index contributed by atoms with van der Waals surface area (Å²) in [4.78, 5) is 0. The van der Waals surface area contributed by atoms with Crippen molar-refractivity contribution in [1.82, 2.24) is 0 Å². The molecule has 1 atom stereocenters. The molecule has 107 valence electrons. The lowest BCUT2D eigenvalue weighted by molar-refractivity contribution is 0.267. The maximum absolute atomic E-state index is 5.52. The third-order valence-electron chi connectivity index (χ3n) is 3.38. The Bertz CT molecular complexity index is 537. The molecular formula is C16H22NO2Si. The Hall–Kier alpha value is -1.36. The van der Waals surface area contributed by atoms with Crippen LogP contribution in [-0.2, 0) is 8.85 Å². The van der Waals surface area contributed by atoms with Gasteiger partial charge in [-0.25, -0.2) is 0 Å². The maximum Gasteiger partial charge on any atom is 0.408 e. The van der Waals surface area contributed by atoms with Gasteiger partial charge in [-0.2, -0.15) is 0 Å². The van der Waals surface area contributed by atoms with Crippen molar-refractivity contribution in [2.75, 3.05) is 19.5 Å². The minimum atomic E-state index is -1.30. The second-order valence-corrected chi connectivity index (χ2v) is 6.89. The fourth-order valence-corrected chi connectivity index (χ4v) is 3.98. The second-order valence-electron chi connectivity index (χ2n) is 4.74. The topological polar surface area (TPSA) is 30.5 Å². The van der Waals surface area contributed by atoms with Crippen LogP contribution >= 0.6 is 0 Å². The van der Waals surface area contributed by atoms with Crippen LogP contribution in [-0.4, -0.2) is 29.2 Å². The molecule has 0 aliphatic heterocycles. The summed E-state index contributed by atoms with van der Waals surface area (Å²) < 4.78 is 11.0. The zero-order valence-electron chi connectivity index (χ0n) is 12.3. The van der Waals surface area contributed by atoms with Crippen molar-refractivity contribution in [3.05, 3.63) is 42.5 Å². The van der Waals surface area contributed by atoms with Crippen LogP contribution in [0.4, 0.5) is 5.69 Å². The van der Waals surface area contributed by atoms with Crippen molar-refractivity contribution in [1.29, 1.82) is 0 Å². The zero-order valence-corrected chi connectivity index (χ0v) is 13.3. The molecule has 0 bridgehead atoms. The third-order valence-corrected chi connectivity index (χ3v) is 5.19. The Morgan fingerprint density at radius 1 is 1.05 bits per heavy atom. The van der Waals surface area contributed by atoms with Crippen molar-refractivity contribution < 1.29 is 8.85 Å². The van der Waals surface area contributed by atoms with Crippen LogP contribution < -0.4 is 5.32 Å². The van der Waals surface area contributed by atoms with E-state index in [-0.39, 0.29) is 5.67 Å². The van der Waals surface area contributed by atoms with Crippen molar-refractivity contribution in [2.24, 2.45) is 0 Å². The molecule has 0 saturated heterocycles. The van der Waals surface area contributed by atoms with E-state index < -0.39 is 9.28 Å². The number of anilines is 1. The smallest absolute Gasteiger partial charge is 0.396 e. The number of hydrogen-bond acceptors (Lipinski definition) is 3. The molecular weight excluding hydrogens is 266 g/mol. The molecule has 0 heterocycles. The van der Waals surface area contributed by atoms with Gasteiger partial charge in [-0.15, -0.1) is 0 Å². The molecule has 0 amide bonds. The van der Waals surface area contributed by atoms with Gasteiger partial charge in [-0.1, -0.05) is 49.7 Å². The van der Waals surface area contributed by atoms with Crippen molar-refractivity contribution >= 4 is 25.7 Å². The van der Waals surface area contributed by atoms with Crippen LogP contribution in [0.5, 0.6) is 0 Å². The first-order valence-corrected chi connectivity index (χ1v) is 8.38. The van der Waals surface area contributed by atoms with E-state index in [1.54, 1.807) is 14.2 Å². The average Bonchev–Trinajstić information content (AvgIpc) is 2.49. The molecule has 2 aromatic carbocycles. The summed E-state index contributed by atoms with van der Waals surface area (Å²) in [6, 6.07) is 14.7. The Morgan fingerprint density at radius 2 is 1.75 bits per heavy atom. The number of hydrogen-bond donors (Lipinski definition) is 1. The molecule has 0 spiro atoms. The molecule has 0 saturated carbocycles. The van der Waals surface area contributed by atoms with Gasteiger partial charge in [0.25, 0.3) is 0 Å². The summed E-state index contributed by atoms with van der Waals surface area (Å²) in [5, 5.41) is 6.11. The standard InChI is InChI=1S/C16H22NO2Si/c1-4-8-16(20(18-2)19-3)17-15-12-7-10-13-9-5-6-11-14(13)15/h5-7,9-12,16-17H,4,8H2,1-3H3. The van der Waals surface area contributed by atoms with Crippen LogP contribution in [0, 0.1) is 0 Å². The van der Waals surface area contributed by atoms with Crippen LogP contribution in [0.25, 0.3) is 10.8 Å². The van der Waals surface area contributed by atoms with Crippen LogP contribution in [0.2, 0.25) is 0 Å². The lowest BCUT2D eigenvalue weighted by atomic mass is 10.1. The average molecular weight is 288 g/mol. The molecule has 2 rings (SSSR count). The van der Waals surface area contributed by atoms with E-state index in [2.05, 4.69) is 54.7 Å². The highest BCUT2D eigenvalue weighted by Gasteiger charge is 2.26. The summed E-state index contributed by atoms with van der Waals surface area (Å²) >= 11 is 0. The van der Waals surface area contributed by atoms with E-state index >= 15 is 0 Å². The van der Waals surface area contributed by atoms with Gasteiger partial charge in [0.15, 0.2) is 0 Å². The molecule has 20 heavy (non-hydrogen) atoms. The van der Waals surface area contributed by atoms with Gasteiger partial charge in [0.2, 0.25) is 0 Å². The van der Waals surface area contributed by atoms with Gasteiger partial charge in [0.05, 0.1) is 5.67 Å². The number of nitrogens with one attached hydrogen (secondary N) is 1. The zero-order chi connectivity index (χ0) is 14.4. The predicted octanol–water partition coefficient (Wildman–Crippen LogP) is 3.74. The van der Waals surface area contributed by atoms with E-state index in [9.17, 15) is 0 Å². The lowest BCUT2D eigenvalue weighted by Crippen LogP contribution is -2.41. The summed E-state index contributed by atoms with van der Waals surface area (Å²) in [6.07, 6.45) is 2.14. The highest BCUT2D eigenvalue weighted by molar-refractivity contribution is 6.47. The van der Waals surface area contributed by atoms with E-state index in [4.69, 9.17) is 8.85 Å². The molecule has 4 heteroatoms. The minimum absolute atomic E-state index is 0.241. The molecule has 2 aromatic rings. The summed E-state index contributed by atoms with van der Waals surface area (Å²) in [5.41, 5.74) is 1.39. The molecule has 0 aliphatic rings. The highest BCUT2D eigenvalue weighted by atomic mass is 28.3. The molecule has 1 radical (unpaired) electrons. The number of fused-ring (bicyclic) bond motifs is 1. The number of rotatable bonds is 7. The van der Waals surface area contributed by atoms with Gasteiger partial charge in [0.1, 0.15) is 0 Å². The first-order chi connectivity index (χ1) is 9.80. The Morgan fingerprint density at radius 3 is 2.45 bits per heavy atom. The van der Waals surface area contributed by atoms with Gasteiger partial charge in [0, 0.05) is 25.3 Å². The van der Waals surface area contributed by atoms with Crippen molar-refractivity contribution in [3.63, 3.8) is 0 Å².